The lowest BCUT2D eigenvalue weighted by molar-refractivity contribution is 0.186. The van der Waals surface area contributed by atoms with Gasteiger partial charge in [-0.3, -0.25) is 4.90 Å². The van der Waals surface area contributed by atoms with Gasteiger partial charge in [-0.25, -0.2) is 4.79 Å². The second kappa shape index (κ2) is 8.34. The van der Waals surface area contributed by atoms with Crippen LogP contribution in [-0.2, 0) is 6.54 Å². The highest BCUT2D eigenvalue weighted by Crippen LogP contribution is 2.23. The number of benzene rings is 1. The van der Waals surface area contributed by atoms with Gasteiger partial charge >= 0.3 is 6.03 Å². The van der Waals surface area contributed by atoms with Crippen molar-refractivity contribution in [2.45, 2.75) is 51.1 Å². The highest BCUT2D eigenvalue weighted by molar-refractivity contribution is 5.74. The Balaban J connectivity index is 1.33. The minimum atomic E-state index is 0.0263. The molecule has 1 saturated heterocycles. The molecule has 1 aliphatic carbocycles. The maximum absolute atomic E-state index is 12.0. The monoisotopic (exact) mass is 315 g/mol. The van der Waals surface area contributed by atoms with E-state index in [9.17, 15) is 4.79 Å². The van der Waals surface area contributed by atoms with Crippen LogP contribution in [0.2, 0.25) is 0 Å². The van der Waals surface area contributed by atoms with Crippen LogP contribution in [0.1, 0.15) is 44.1 Å². The summed E-state index contributed by atoms with van der Waals surface area (Å²) in [6.07, 6.45) is 7.30. The van der Waals surface area contributed by atoms with Gasteiger partial charge in [-0.15, -0.1) is 0 Å². The molecule has 0 unspecified atom stereocenters. The van der Waals surface area contributed by atoms with Crippen molar-refractivity contribution in [3.63, 3.8) is 0 Å². The third-order valence-electron chi connectivity index (χ3n) is 5.20. The summed E-state index contributed by atoms with van der Waals surface area (Å²) in [5.41, 5.74) is 1.37. The number of nitrogens with zero attached hydrogens (tertiary/aromatic N) is 1. The number of nitrogens with one attached hydrogen (secondary N) is 2. The van der Waals surface area contributed by atoms with E-state index in [1.807, 2.05) is 0 Å². The fourth-order valence-corrected chi connectivity index (χ4v) is 3.76. The molecule has 2 fully saturated rings. The Labute approximate surface area is 139 Å². The number of likely N-dealkylation sites (tertiary alicyclic amines) is 1. The maximum atomic E-state index is 12.0. The third-order valence-corrected chi connectivity index (χ3v) is 5.20. The topological polar surface area (TPSA) is 44.4 Å². The number of carbonyl (C=O) groups is 1. The van der Waals surface area contributed by atoms with Crippen LogP contribution in [0.15, 0.2) is 30.3 Å². The van der Waals surface area contributed by atoms with Gasteiger partial charge in [0.1, 0.15) is 0 Å². The van der Waals surface area contributed by atoms with Crippen molar-refractivity contribution in [3.8, 4) is 0 Å². The van der Waals surface area contributed by atoms with Gasteiger partial charge in [0.25, 0.3) is 0 Å². The van der Waals surface area contributed by atoms with E-state index in [1.54, 1.807) is 0 Å². The molecule has 4 nitrogen and oxygen atoms in total. The first-order valence-electron chi connectivity index (χ1n) is 9.10. The van der Waals surface area contributed by atoms with Gasteiger partial charge in [0.2, 0.25) is 0 Å². The summed E-state index contributed by atoms with van der Waals surface area (Å²) < 4.78 is 0. The van der Waals surface area contributed by atoms with E-state index < -0.39 is 0 Å². The van der Waals surface area contributed by atoms with Crippen LogP contribution in [0, 0.1) is 5.92 Å². The smallest absolute Gasteiger partial charge is 0.315 e. The molecule has 4 heteroatoms. The molecule has 2 aliphatic rings. The number of carbonyl (C=O) groups excluding carboxylic acids is 1. The predicted octanol–water partition coefficient (Wildman–Crippen LogP) is 3.14. The minimum absolute atomic E-state index is 0.0263. The Hall–Kier alpha value is -1.55. The Morgan fingerprint density at radius 3 is 2.43 bits per heavy atom. The first-order chi connectivity index (χ1) is 11.3. The first kappa shape index (κ1) is 16.3. The average Bonchev–Trinajstić information content (AvgIpc) is 3.09. The van der Waals surface area contributed by atoms with Crippen LogP contribution in [-0.4, -0.2) is 36.6 Å². The van der Waals surface area contributed by atoms with Crippen LogP contribution in [0.3, 0.4) is 0 Å². The molecule has 126 valence electrons. The van der Waals surface area contributed by atoms with E-state index in [0.717, 1.165) is 39.0 Å². The molecule has 0 radical (unpaired) electrons. The zero-order valence-corrected chi connectivity index (χ0v) is 14.0. The van der Waals surface area contributed by atoms with E-state index in [0.29, 0.717) is 12.0 Å². The number of urea groups is 1. The van der Waals surface area contributed by atoms with E-state index in [-0.39, 0.29) is 6.03 Å². The molecule has 3 rings (SSSR count). The quantitative estimate of drug-likeness (QED) is 0.877. The standard InChI is InChI=1S/C19H29N3O/c23-19(20-14-16-6-4-5-7-16)21-18-10-12-22(13-11-18)15-17-8-2-1-3-9-17/h1-3,8-9,16,18H,4-7,10-15H2,(H2,20,21,23). The first-order valence-corrected chi connectivity index (χ1v) is 9.10. The lowest BCUT2D eigenvalue weighted by Gasteiger charge is -2.32. The van der Waals surface area contributed by atoms with Crippen molar-refractivity contribution < 1.29 is 4.79 Å². The SMILES string of the molecule is O=C(NCC1CCCC1)NC1CCN(Cc2ccccc2)CC1. The van der Waals surface area contributed by atoms with Crippen LogP contribution >= 0.6 is 0 Å². The summed E-state index contributed by atoms with van der Waals surface area (Å²) in [5.74, 6) is 0.702. The van der Waals surface area contributed by atoms with Gasteiger partial charge < -0.3 is 10.6 Å². The summed E-state index contributed by atoms with van der Waals surface area (Å²) in [5, 5.41) is 6.21. The Morgan fingerprint density at radius 2 is 1.74 bits per heavy atom. The molecule has 0 aromatic heterocycles. The third kappa shape index (κ3) is 5.24. The number of rotatable bonds is 5. The molecule has 2 amide bonds. The van der Waals surface area contributed by atoms with Gasteiger partial charge in [0.15, 0.2) is 0 Å². The van der Waals surface area contributed by atoms with Gasteiger partial charge in [0, 0.05) is 32.2 Å². The number of hydrogen-bond donors (Lipinski definition) is 2. The van der Waals surface area contributed by atoms with Crippen LogP contribution in [0.4, 0.5) is 4.79 Å². The average molecular weight is 315 g/mol. The minimum Gasteiger partial charge on any atom is -0.338 e. The van der Waals surface area contributed by atoms with E-state index in [2.05, 4.69) is 45.9 Å². The number of piperidine rings is 1. The summed E-state index contributed by atoms with van der Waals surface area (Å²) in [7, 11) is 0. The summed E-state index contributed by atoms with van der Waals surface area (Å²) in [6, 6.07) is 11.0. The van der Waals surface area contributed by atoms with Gasteiger partial charge in [-0.2, -0.15) is 0 Å². The largest absolute Gasteiger partial charge is 0.338 e. The van der Waals surface area contributed by atoms with Gasteiger partial charge in [-0.1, -0.05) is 43.2 Å². The normalized spacial score (nSPS) is 20.5. The summed E-state index contributed by atoms with van der Waals surface area (Å²) in [4.78, 5) is 14.5. The fourth-order valence-electron chi connectivity index (χ4n) is 3.76. The molecule has 1 aliphatic heterocycles. The highest BCUT2D eigenvalue weighted by atomic mass is 16.2. The lowest BCUT2D eigenvalue weighted by Crippen LogP contribution is -2.48. The molecule has 1 aromatic carbocycles. The summed E-state index contributed by atoms with van der Waals surface area (Å²) in [6.45, 7) is 3.98. The van der Waals surface area contributed by atoms with Crippen molar-refractivity contribution >= 4 is 6.03 Å². The van der Waals surface area contributed by atoms with Crippen molar-refractivity contribution in [2.75, 3.05) is 19.6 Å². The maximum Gasteiger partial charge on any atom is 0.315 e. The van der Waals surface area contributed by atoms with E-state index in [4.69, 9.17) is 0 Å². The van der Waals surface area contributed by atoms with E-state index in [1.165, 1.54) is 31.2 Å². The molecule has 1 aromatic rings. The molecular formula is C19H29N3O. The van der Waals surface area contributed by atoms with Gasteiger partial charge in [0.05, 0.1) is 0 Å². The highest BCUT2D eigenvalue weighted by Gasteiger charge is 2.21. The van der Waals surface area contributed by atoms with Crippen LogP contribution in [0.5, 0.6) is 0 Å². The number of hydrogen-bond acceptors (Lipinski definition) is 2. The molecular weight excluding hydrogens is 286 g/mol. The molecule has 0 bridgehead atoms. The molecule has 0 spiro atoms. The molecule has 2 N–H and O–H groups in total. The van der Waals surface area contributed by atoms with E-state index >= 15 is 0 Å². The molecule has 1 saturated carbocycles. The van der Waals surface area contributed by atoms with Crippen molar-refractivity contribution in [2.24, 2.45) is 5.92 Å². The fraction of sp³-hybridized carbons (Fsp3) is 0.632. The van der Waals surface area contributed by atoms with Crippen molar-refractivity contribution in [1.29, 1.82) is 0 Å². The zero-order chi connectivity index (χ0) is 15.9. The Morgan fingerprint density at radius 1 is 1.04 bits per heavy atom. The van der Waals surface area contributed by atoms with Crippen molar-refractivity contribution in [3.05, 3.63) is 35.9 Å². The molecule has 23 heavy (non-hydrogen) atoms. The summed E-state index contributed by atoms with van der Waals surface area (Å²) >= 11 is 0. The van der Waals surface area contributed by atoms with Gasteiger partial charge in [-0.05, 0) is 37.2 Å². The Bertz CT molecular complexity index is 477. The zero-order valence-electron chi connectivity index (χ0n) is 14.0. The van der Waals surface area contributed by atoms with Crippen molar-refractivity contribution in [1.82, 2.24) is 15.5 Å². The number of amides is 2. The molecule has 0 atom stereocenters. The lowest BCUT2D eigenvalue weighted by atomic mass is 10.0. The Kier molecular flexibility index (Phi) is 5.92. The van der Waals surface area contributed by atoms with Crippen LogP contribution in [0.25, 0.3) is 0 Å². The second-order valence-electron chi connectivity index (χ2n) is 7.04. The van der Waals surface area contributed by atoms with Crippen LogP contribution < -0.4 is 10.6 Å². The predicted molar refractivity (Wildman–Crippen MR) is 93.2 cm³/mol. The second-order valence-corrected chi connectivity index (χ2v) is 7.04. The molecule has 1 heterocycles.